The Hall–Kier alpha value is -2.52. The summed E-state index contributed by atoms with van der Waals surface area (Å²) in [7, 11) is 6.42. The number of methoxy groups -OCH3 is 4. The van der Waals surface area contributed by atoms with Crippen molar-refractivity contribution in [3.05, 3.63) is 18.3 Å². The lowest BCUT2D eigenvalue weighted by Crippen LogP contribution is -2.07. The van der Waals surface area contributed by atoms with Crippen LogP contribution in [0.4, 0.5) is 5.13 Å². The highest BCUT2D eigenvalue weighted by Crippen LogP contribution is 2.41. The van der Waals surface area contributed by atoms with Gasteiger partial charge in [-0.05, 0) is 12.1 Å². The smallest absolute Gasteiger partial charge is 0.214 e. The maximum Gasteiger partial charge on any atom is 0.214 e. The van der Waals surface area contributed by atoms with Crippen molar-refractivity contribution >= 4 is 21.4 Å². The van der Waals surface area contributed by atoms with Crippen LogP contribution in [0.25, 0.3) is 16.2 Å². The van der Waals surface area contributed by atoms with E-state index in [0.717, 1.165) is 21.3 Å². The van der Waals surface area contributed by atoms with Crippen LogP contribution in [-0.4, -0.2) is 56.2 Å². The maximum atomic E-state index is 5.40. The zero-order chi connectivity index (χ0) is 17.8. The summed E-state index contributed by atoms with van der Waals surface area (Å²) in [5.74, 6) is 1.73. The van der Waals surface area contributed by atoms with Gasteiger partial charge < -0.3 is 24.3 Å². The van der Waals surface area contributed by atoms with Crippen LogP contribution in [0.5, 0.6) is 17.2 Å². The fourth-order valence-electron chi connectivity index (χ4n) is 2.40. The fourth-order valence-corrected chi connectivity index (χ4v) is 3.21. The average molecular weight is 364 g/mol. The van der Waals surface area contributed by atoms with E-state index in [1.165, 1.54) is 11.3 Å². The molecule has 8 nitrogen and oxygen atoms in total. The molecule has 0 atom stereocenters. The minimum atomic E-state index is 0.553. The van der Waals surface area contributed by atoms with Crippen LogP contribution in [-0.2, 0) is 4.74 Å². The number of rotatable bonds is 8. The van der Waals surface area contributed by atoms with Gasteiger partial charge >= 0.3 is 0 Å². The zero-order valence-electron chi connectivity index (χ0n) is 14.5. The summed E-state index contributed by atoms with van der Waals surface area (Å²) in [4.78, 5) is 5.43. The molecule has 0 unspecified atom stereocenters. The maximum absolute atomic E-state index is 5.40. The Kier molecular flexibility index (Phi) is 5.25. The lowest BCUT2D eigenvalue weighted by atomic mass is 10.1. The van der Waals surface area contributed by atoms with Crippen molar-refractivity contribution in [1.29, 1.82) is 0 Å². The third-order valence-electron chi connectivity index (χ3n) is 3.59. The monoisotopic (exact) mass is 364 g/mol. The number of ether oxygens (including phenoxy) is 4. The molecule has 9 heteroatoms. The Morgan fingerprint density at radius 3 is 2.36 bits per heavy atom. The number of fused-ring (bicyclic) bond motifs is 1. The van der Waals surface area contributed by atoms with Gasteiger partial charge in [0.1, 0.15) is 0 Å². The summed E-state index contributed by atoms with van der Waals surface area (Å²) in [6.45, 7) is 1.32. The van der Waals surface area contributed by atoms with Crippen molar-refractivity contribution in [1.82, 2.24) is 14.6 Å². The van der Waals surface area contributed by atoms with E-state index in [9.17, 15) is 0 Å². The van der Waals surface area contributed by atoms with Crippen molar-refractivity contribution < 1.29 is 18.9 Å². The predicted molar refractivity (Wildman–Crippen MR) is 96.3 cm³/mol. The van der Waals surface area contributed by atoms with Crippen LogP contribution in [0.2, 0.25) is 0 Å². The van der Waals surface area contributed by atoms with Crippen LogP contribution in [0, 0.1) is 0 Å². The first-order chi connectivity index (χ1) is 12.2. The molecule has 1 N–H and O–H groups in total. The fraction of sp³-hybridized carbons (Fsp3) is 0.375. The number of nitrogens with zero attached hydrogens (tertiary/aromatic N) is 3. The normalized spacial score (nSPS) is 10.9. The summed E-state index contributed by atoms with van der Waals surface area (Å²) >= 11 is 1.48. The van der Waals surface area contributed by atoms with Crippen LogP contribution in [0.3, 0.4) is 0 Å². The van der Waals surface area contributed by atoms with Gasteiger partial charge in [-0.1, -0.05) is 11.3 Å². The Balaban J connectivity index is 1.92. The molecule has 0 aliphatic rings. The van der Waals surface area contributed by atoms with E-state index >= 15 is 0 Å². The number of imidazole rings is 1. The molecule has 0 saturated heterocycles. The second kappa shape index (κ2) is 7.58. The lowest BCUT2D eigenvalue weighted by molar-refractivity contribution is 0.210. The van der Waals surface area contributed by atoms with E-state index < -0.39 is 0 Å². The van der Waals surface area contributed by atoms with E-state index in [1.54, 1.807) is 33.0 Å². The molecule has 0 spiro atoms. The molecule has 25 heavy (non-hydrogen) atoms. The van der Waals surface area contributed by atoms with Gasteiger partial charge in [-0.3, -0.25) is 0 Å². The third kappa shape index (κ3) is 3.47. The number of hydrogen-bond donors (Lipinski definition) is 1. The van der Waals surface area contributed by atoms with Gasteiger partial charge in [-0.15, -0.1) is 5.10 Å². The molecule has 0 saturated carbocycles. The van der Waals surface area contributed by atoms with E-state index in [2.05, 4.69) is 15.4 Å². The van der Waals surface area contributed by atoms with E-state index in [4.69, 9.17) is 18.9 Å². The van der Waals surface area contributed by atoms with Gasteiger partial charge in [0, 0.05) is 19.2 Å². The average Bonchev–Trinajstić information content (AvgIpc) is 3.19. The molecule has 0 aliphatic heterocycles. The van der Waals surface area contributed by atoms with Crippen molar-refractivity contribution in [2.45, 2.75) is 0 Å². The van der Waals surface area contributed by atoms with E-state index in [-0.39, 0.29) is 0 Å². The topological polar surface area (TPSA) is 79.1 Å². The lowest BCUT2D eigenvalue weighted by Gasteiger charge is -2.13. The molecule has 134 valence electrons. The standard InChI is InChI=1S/C16H20N4O4S/c1-21-6-5-17-15-19-20-9-11(18-16(20)25-15)10-7-12(22-2)14(24-4)13(8-10)23-3/h7-9H,5-6H2,1-4H3,(H,17,19). The Morgan fingerprint density at radius 2 is 1.80 bits per heavy atom. The summed E-state index contributed by atoms with van der Waals surface area (Å²) in [5.41, 5.74) is 1.64. The van der Waals surface area contributed by atoms with Crippen molar-refractivity contribution in [2.75, 3.05) is 46.9 Å². The highest BCUT2D eigenvalue weighted by atomic mass is 32.1. The highest BCUT2D eigenvalue weighted by molar-refractivity contribution is 7.20. The second-order valence-corrected chi connectivity index (χ2v) is 6.05. The van der Waals surface area contributed by atoms with Crippen LogP contribution in [0.15, 0.2) is 18.3 Å². The minimum Gasteiger partial charge on any atom is -0.493 e. The van der Waals surface area contributed by atoms with Gasteiger partial charge in [0.25, 0.3) is 0 Å². The van der Waals surface area contributed by atoms with Crippen molar-refractivity contribution in [3.8, 4) is 28.5 Å². The quantitative estimate of drug-likeness (QED) is 0.615. The number of benzene rings is 1. The first-order valence-electron chi connectivity index (χ1n) is 7.59. The number of nitrogens with one attached hydrogen (secondary N) is 1. The Morgan fingerprint density at radius 1 is 1.08 bits per heavy atom. The zero-order valence-corrected chi connectivity index (χ0v) is 15.3. The van der Waals surface area contributed by atoms with Crippen molar-refractivity contribution in [3.63, 3.8) is 0 Å². The molecule has 0 fully saturated rings. The highest BCUT2D eigenvalue weighted by Gasteiger charge is 2.16. The van der Waals surface area contributed by atoms with Crippen LogP contribution in [0.1, 0.15) is 0 Å². The second-order valence-electron chi connectivity index (χ2n) is 5.09. The number of aromatic nitrogens is 3. The van der Waals surface area contributed by atoms with Gasteiger partial charge in [-0.2, -0.15) is 0 Å². The van der Waals surface area contributed by atoms with Gasteiger partial charge in [0.2, 0.25) is 15.8 Å². The SMILES string of the molecule is COCCNc1nn2cc(-c3cc(OC)c(OC)c(OC)c3)nc2s1. The molecule has 3 rings (SSSR count). The number of anilines is 1. The Labute approximate surface area is 149 Å². The molecule has 0 amide bonds. The van der Waals surface area contributed by atoms with Crippen molar-refractivity contribution in [2.24, 2.45) is 0 Å². The summed E-state index contributed by atoms with van der Waals surface area (Å²) in [6, 6.07) is 3.73. The minimum absolute atomic E-state index is 0.553. The molecule has 1 aromatic carbocycles. The van der Waals surface area contributed by atoms with Gasteiger partial charge in [0.15, 0.2) is 11.5 Å². The largest absolute Gasteiger partial charge is 0.493 e. The summed E-state index contributed by atoms with van der Waals surface area (Å²) in [6.07, 6.45) is 1.87. The molecular formula is C16H20N4O4S. The van der Waals surface area contributed by atoms with E-state index in [0.29, 0.717) is 30.4 Å². The molecular weight excluding hydrogens is 344 g/mol. The molecule has 2 heterocycles. The predicted octanol–water partition coefficient (Wildman–Crippen LogP) is 2.54. The van der Waals surface area contributed by atoms with Gasteiger partial charge in [0.05, 0.1) is 39.8 Å². The third-order valence-corrected chi connectivity index (χ3v) is 4.47. The molecule has 0 bridgehead atoms. The van der Waals surface area contributed by atoms with Crippen LogP contribution >= 0.6 is 11.3 Å². The first kappa shape index (κ1) is 17.3. The molecule has 0 radical (unpaired) electrons. The van der Waals surface area contributed by atoms with Gasteiger partial charge in [-0.25, -0.2) is 9.50 Å². The molecule has 0 aliphatic carbocycles. The summed E-state index contributed by atoms with van der Waals surface area (Å²) < 4.78 is 22.9. The number of hydrogen-bond acceptors (Lipinski definition) is 8. The Bertz CT molecular complexity index is 805. The first-order valence-corrected chi connectivity index (χ1v) is 8.41. The molecule has 2 aromatic heterocycles. The summed E-state index contributed by atoms with van der Waals surface area (Å²) in [5, 5.41) is 8.47. The molecule has 3 aromatic rings. The van der Waals surface area contributed by atoms with E-state index in [1.807, 2.05) is 18.3 Å². The van der Waals surface area contributed by atoms with Crippen LogP contribution < -0.4 is 19.5 Å².